The van der Waals surface area contributed by atoms with Crippen molar-refractivity contribution in [3.8, 4) is 0 Å². The van der Waals surface area contributed by atoms with Gasteiger partial charge in [-0.1, -0.05) is 6.07 Å². The van der Waals surface area contributed by atoms with Crippen molar-refractivity contribution in [3.63, 3.8) is 0 Å². The van der Waals surface area contributed by atoms with Gasteiger partial charge in [0.05, 0.1) is 5.69 Å². The van der Waals surface area contributed by atoms with Crippen LogP contribution < -0.4 is 5.32 Å². The van der Waals surface area contributed by atoms with Crippen molar-refractivity contribution in [1.82, 2.24) is 15.1 Å². The predicted molar refractivity (Wildman–Crippen MR) is 81.9 cm³/mol. The molecule has 0 fully saturated rings. The van der Waals surface area contributed by atoms with E-state index in [4.69, 9.17) is 0 Å². The molecule has 104 valence electrons. The van der Waals surface area contributed by atoms with Gasteiger partial charge in [-0.3, -0.25) is 4.68 Å². The lowest BCUT2D eigenvalue weighted by Gasteiger charge is -2.16. The SMILES string of the molecule is CNC(CCc1cccs1)Cc1c(C)nn(C)c1C. The average molecular weight is 277 g/mol. The summed E-state index contributed by atoms with van der Waals surface area (Å²) in [6.07, 6.45) is 3.39. The van der Waals surface area contributed by atoms with Crippen molar-refractivity contribution in [1.29, 1.82) is 0 Å². The first-order valence-corrected chi connectivity index (χ1v) is 7.68. The summed E-state index contributed by atoms with van der Waals surface area (Å²) in [5.41, 5.74) is 3.85. The van der Waals surface area contributed by atoms with Gasteiger partial charge < -0.3 is 5.32 Å². The van der Waals surface area contributed by atoms with Gasteiger partial charge in [-0.25, -0.2) is 0 Å². The molecule has 0 spiro atoms. The third-order valence-electron chi connectivity index (χ3n) is 3.84. The zero-order valence-corrected chi connectivity index (χ0v) is 13.0. The summed E-state index contributed by atoms with van der Waals surface area (Å²) in [5, 5.41) is 10.1. The molecule has 0 bridgehead atoms. The number of likely N-dealkylation sites (N-methyl/N-ethyl adjacent to an activating group) is 1. The van der Waals surface area contributed by atoms with Gasteiger partial charge >= 0.3 is 0 Å². The Hall–Kier alpha value is -1.13. The second-order valence-corrected chi connectivity index (χ2v) is 6.11. The fraction of sp³-hybridized carbons (Fsp3) is 0.533. The molecule has 0 aromatic carbocycles. The van der Waals surface area contributed by atoms with Crippen LogP contribution in [0.2, 0.25) is 0 Å². The Kier molecular flexibility index (Phi) is 4.77. The highest BCUT2D eigenvalue weighted by atomic mass is 32.1. The molecule has 2 rings (SSSR count). The molecule has 0 aliphatic carbocycles. The lowest BCUT2D eigenvalue weighted by molar-refractivity contribution is 0.519. The number of hydrogen-bond acceptors (Lipinski definition) is 3. The lowest BCUT2D eigenvalue weighted by atomic mass is 10.00. The number of nitrogens with zero attached hydrogens (tertiary/aromatic N) is 2. The average Bonchev–Trinajstić information content (AvgIpc) is 2.98. The highest BCUT2D eigenvalue weighted by Crippen LogP contribution is 2.17. The van der Waals surface area contributed by atoms with E-state index in [1.807, 2.05) is 23.1 Å². The maximum absolute atomic E-state index is 4.50. The van der Waals surface area contributed by atoms with Crippen LogP contribution in [0.25, 0.3) is 0 Å². The first-order chi connectivity index (χ1) is 9.11. The first-order valence-electron chi connectivity index (χ1n) is 6.80. The van der Waals surface area contributed by atoms with Crippen LogP contribution in [0.4, 0.5) is 0 Å². The molecule has 2 heterocycles. The zero-order valence-electron chi connectivity index (χ0n) is 12.2. The Labute approximate surface area is 119 Å². The van der Waals surface area contributed by atoms with E-state index in [-0.39, 0.29) is 0 Å². The standard InChI is InChI=1S/C15H23N3S/c1-11-15(12(2)18(4)17-11)10-13(16-3)7-8-14-6-5-9-19-14/h5-6,9,13,16H,7-8,10H2,1-4H3. The minimum atomic E-state index is 0.517. The molecule has 1 atom stereocenters. The van der Waals surface area contributed by atoms with Gasteiger partial charge in [-0.2, -0.15) is 5.10 Å². The van der Waals surface area contributed by atoms with Crippen LogP contribution in [0.5, 0.6) is 0 Å². The molecule has 0 amide bonds. The minimum absolute atomic E-state index is 0.517. The van der Waals surface area contributed by atoms with Crippen LogP contribution in [0.15, 0.2) is 17.5 Å². The summed E-state index contributed by atoms with van der Waals surface area (Å²) in [5.74, 6) is 0. The maximum Gasteiger partial charge on any atom is 0.0628 e. The molecule has 0 radical (unpaired) electrons. The second-order valence-electron chi connectivity index (χ2n) is 5.08. The van der Waals surface area contributed by atoms with Crippen molar-refractivity contribution in [2.24, 2.45) is 7.05 Å². The van der Waals surface area contributed by atoms with Gasteiger partial charge in [-0.05, 0) is 57.2 Å². The second kappa shape index (κ2) is 6.35. The smallest absolute Gasteiger partial charge is 0.0628 e. The molecule has 0 saturated heterocycles. The van der Waals surface area contributed by atoms with E-state index in [9.17, 15) is 0 Å². The van der Waals surface area contributed by atoms with Gasteiger partial charge in [0.2, 0.25) is 0 Å². The van der Waals surface area contributed by atoms with E-state index in [0.29, 0.717) is 6.04 Å². The molecule has 2 aromatic rings. The Balaban J connectivity index is 1.98. The summed E-state index contributed by atoms with van der Waals surface area (Å²) in [7, 11) is 4.08. The summed E-state index contributed by atoms with van der Waals surface area (Å²) in [6, 6.07) is 4.87. The minimum Gasteiger partial charge on any atom is -0.317 e. The molecular weight excluding hydrogens is 254 g/mol. The van der Waals surface area contributed by atoms with Gasteiger partial charge in [0.1, 0.15) is 0 Å². The summed E-state index contributed by atoms with van der Waals surface area (Å²) < 4.78 is 1.98. The number of aromatic nitrogens is 2. The van der Waals surface area contributed by atoms with Crippen molar-refractivity contribution < 1.29 is 0 Å². The van der Waals surface area contributed by atoms with Crippen molar-refractivity contribution in [2.75, 3.05) is 7.05 Å². The number of nitrogens with one attached hydrogen (secondary N) is 1. The maximum atomic E-state index is 4.50. The molecule has 19 heavy (non-hydrogen) atoms. The largest absolute Gasteiger partial charge is 0.317 e. The number of thiophene rings is 1. The van der Waals surface area contributed by atoms with Crippen LogP contribution in [-0.2, 0) is 19.9 Å². The summed E-state index contributed by atoms with van der Waals surface area (Å²) >= 11 is 1.85. The Bertz CT molecular complexity index is 514. The monoisotopic (exact) mass is 277 g/mol. The highest BCUT2D eigenvalue weighted by Gasteiger charge is 2.15. The molecule has 2 aromatic heterocycles. The quantitative estimate of drug-likeness (QED) is 0.880. The van der Waals surface area contributed by atoms with Crippen LogP contribution in [-0.4, -0.2) is 22.9 Å². The Morgan fingerprint density at radius 2 is 2.21 bits per heavy atom. The Morgan fingerprint density at radius 1 is 1.42 bits per heavy atom. The molecule has 3 nitrogen and oxygen atoms in total. The highest BCUT2D eigenvalue weighted by molar-refractivity contribution is 7.09. The van der Waals surface area contributed by atoms with E-state index >= 15 is 0 Å². The molecule has 0 aliphatic heterocycles. The molecule has 0 saturated carbocycles. The first kappa shape index (κ1) is 14.3. The van der Waals surface area contributed by atoms with Crippen molar-refractivity contribution in [3.05, 3.63) is 39.3 Å². The normalized spacial score (nSPS) is 12.8. The fourth-order valence-electron chi connectivity index (χ4n) is 2.48. The van der Waals surface area contributed by atoms with Gasteiger partial charge in [0, 0.05) is 23.7 Å². The third kappa shape index (κ3) is 3.45. The third-order valence-corrected chi connectivity index (χ3v) is 4.77. The molecule has 1 unspecified atom stereocenters. The van der Waals surface area contributed by atoms with E-state index < -0.39 is 0 Å². The molecular formula is C15H23N3S. The van der Waals surface area contributed by atoms with Gasteiger partial charge in [-0.15, -0.1) is 11.3 Å². The summed E-state index contributed by atoms with van der Waals surface area (Å²) in [6.45, 7) is 4.26. The van der Waals surface area contributed by atoms with E-state index in [0.717, 1.165) is 18.5 Å². The summed E-state index contributed by atoms with van der Waals surface area (Å²) in [4.78, 5) is 1.47. The topological polar surface area (TPSA) is 29.9 Å². The van der Waals surface area contributed by atoms with E-state index in [1.54, 1.807) is 0 Å². The molecule has 4 heteroatoms. The lowest BCUT2D eigenvalue weighted by Crippen LogP contribution is -2.28. The van der Waals surface area contributed by atoms with Crippen molar-refractivity contribution in [2.45, 2.75) is 39.2 Å². The van der Waals surface area contributed by atoms with Crippen LogP contribution in [0.1, 0.15) is 28.2 Å². The zero-order chi connectivity index (χ0) is 13.8. The van der Waals surface area contributed by atoms with Crippen LogP contribution >= 0.6 is 11.3 Å². The number of rotatable bonds is 6. The van der Waals surface area contributed by atoms with Crippen molar-refractivity contribution >= 4 is 11.3 Å². The number of hydrogen-bond donors (Lipinski definition) is 1. The molecule has 0 aliphatic rings. The molecule has 1 N–H and O–H groups in total. The van der Waals surface area contributed by atoms with Gasteiger partial charge in [0.15, 0.2) is 0 Å². The van der Waals surface area contributed by atoms with Gasteiger partial charge in [0.25, 0.3) is 0 Å². The number of aryl methyl sites for hydroxylation is 3. The fourth-order valence-corrected chi connectivity index (χ4v) is 3.20. The van der Waals surface area contributed by atoms with Crippen LogP contribution in [0.3, 0.4) is 0 Å². The van der Waals surface area contributed by atoms with E-state index in [1.165, 1.54) is 22.6 Å². The predicted octanol–water partition coefficient (Wildman–Crippen LogP) is 2.86. The van der Waals surface area contributed by atoms with E-state index in [2.05, 4.69) is 48.8 Å². The van der Waals surface area contributed by atoms with Crippen LogP contribution in [0, 0.1) is 13.8 Å². The Morgan fingerprint density at radius 3 is 2.74 bits per heavy atom.